The van der Waals surface area contributed by atoms with Crippen molar-refractivity contribution in [1.82, 2.24) is 10.0 Å². The summed E-state index contributed by atoms with van der Waals surface area (Å²) in [6.07, 6.45) is 0.218. The van der Waals surface area contributed by atoms with Crippen LogP contribution >= 0.6 is 0 Å². The van der Waals surface area contributed by atoms with Crippen molar-refractivity contribution in [2.45, 2.75) is 11.3 Å². The summed E-state index contributed by atoms with van der Waals surface area (Å²) in [7, 11) is -3.78. The smallest absolute Gasteiger partial charge is 0.269 e. The molecule has 0 radical (unpaired) electrons. The van der Waals surface area contributed by atoms with Crippen LogP contribution in [0.25, 0.3) is 0 Å². The third kappa shape index (κ3) is 5.66. The molecule has 0 saturated heterocycles. The summed E-state index contributed by atoms with van der Waals surface area (Å²) in [5, 5.41) is 13.2. The number of nitrogens with zero attached hydrogens (tertiary/aromatic N) is 1. The lowest BCUT2D eigenvalue weighted by Crippen LogP contribution is -2.35. The van der Waals surface area contributed by atoms with Crippen LogP contribution in [-0.4, -0.2) is 32.3 Å². The maximum Gasteiger partial charge on any atom is 0.269 e. The third-order valence-corrected chi connectivity index (χ3v) is 4.78. The molecular weight excluding hydrogens is 346 g/mol. The standard InChI is InChI=1S/C16H17N3O5S/c20-16(12-13-4-2-1-3-5-13)17-10-11-18-25(23,24)15-8-6-14(7-9-15)19(21)22/h1-9,18H,10-12H2,(H,17,20). The van der Waals surface area contributed by atoms with E-state index < -0.39 is 14.9 Å². The molecule has 0 aromatic heterocycles. The fraction of sp³-hybridized carbons (Fsp3) is 0.188. The number of hydrogen-bond donors (Lipinski definition) is 2. The Morgan fingerprint density at radius 3 is 2.24 bits per heavy atom. The predicted molar refractivity (Wildman–Crippen MR) is 91.4 cm³/mol. The minimum atomic E-state index is -3.78. The number of nitrogens with one attached hydrogen (secondary N) is 2. The van der Waals surface area contributed by atoms with Gasteiger partial charge in [-0.3, -0.25) is 14.9 Å². The van der Waals surface area contributed by atoms with Crippen LogP contribution < -0.4 is 10.0 Å². The van der Waals surface area contributed by atoms with Crippen molar-refractivity contribution in [3.05, 3.63) is 70.3 Å². The van der Waals surface area contributed by atoms with Crippen LogP contribution in [0.1, 0.15) is 5.56 Å². The van der Waals surface area contributed by atoms with E-state index in [-0.39, 0.29) is 36.0 Å². The van der Waals surface area contributed by atoms with Crippen LogP contribution in [0.4, 0.5) is 5.69 Å². The molecule has 0 bridgehead atoms. The molecule has 0 heterocycles. The highest BCUT2D eigenvalue weighted by Gasteiger charge is 2.15. The second-order valence-corrected chi connectivity index (χ2v) is 6.93. The van der Waals surface area contributed by atoms with Crippen molar-refractivity contribution in [2.75, 3.05) is 13.1 Å². The van der Waals surface area contributed by atoms with Gasteiger partial charge in [-0.2, -0.15) is 0 Å². The van der Waals surface area contributed by atoms with Crippen LogP contribution in [0, 0.1) is 10.1 Å². The molecule has 0 aliphatic heterocycles. The van der Waals surface area contributed by atoms with Crippen LogP contribution in [0.15, 0.2) is 59.5 Å². The Morgan fingerprint density at radius 2 is 1.64 bits per heavy atom. The summed E-state index contributed by atoms with van der Waals surface area (Å²) in [5.41, 5.74) is 0.679. The van der Waals surface area contributed by atoms with E-state index in [0.29, 0.717) is 0 Å². The Balaban J connectivity index is 1.80. The van der Waals surface area contributed by atoms with Gasteiger partial charge in [0, 0.05) is 25.2 Å². The lowest BCUT2D eigenvalue weighted by molar-refractivity contribution is -0.384. The van der Waals surface area contributed by atoms with Crippen molar-refractivity contribution in [3.63, 3.8) is 0 Å². The van der Waals surface area contributed by atoms with Crippen molar-refractivity contribution in [3.8, 4) is 0 Å². The highest BCUT2D eigenvalue weighted by Crippen LogP contribution is 2.15. The number of carbonyl (C=O) groups excluding carboxylic acids is 1. The van der Waals surface area contributed by atoms with Gasteiger partial charge in [-0.1, -0.05) is 30.3 Å². The molecule has 0 aliphatic carbocycles. The van der Waals surface area contributed by atoms with Crippen molar-refractivity contribution >= 4 is 21.6 Å². The van der Waals surface area contributed by atoms with Crippen LogP contribution in [0.5, 0.6) is 0 Å². The van der Waals surface area contributed by atoms with Crippen molar-refractivity contribution < 1.29 is 18.1 Å². The van der Waals surface area contributed by atoms with Gasteiger partial charge in [-0.25, -0.2) is 13.1 Å². The molecule has 0 unspecified atom stereocenters. The normalized spacial score (nSPS) is 11.0. The molecule has 0 fully saturated rings. The fourth-order valence-corrected chi connectivity index (χ4v) is 3.09. The Kier molecular flexibility index (Phi) is 6.20. The van der Waals surface area contributed by atoms with Gasteiger partial charge in [0.15, 0.2) is 0 Å². The predicted octanol–water partition coefficient (Wildman–Crippen LogP) is 1.23. The van der Waals surface area contributed by atoms with Crippen LogP contribution in [-0.2, 0) is 21.2 Å². The fourth-order valence-electron chi connectivity index (χ4n) is 2.06. The minimum absolute atomic E-state index is 0.0137. The number of benzene rings is 2. The molecular formula is C16H17N3O5S. The first-order valence-corrected chi connectivity index (χ1v) is 8.91. The van der Waals surface area contributed by atoms with Crippen LogP contribution in [0.2, 0.25) is 0 Å². The second kappa shape index (κ2) is 8.36. The molecule has 0 spiro atoms. The molecule has 1 amide bonds. The molecule has 25 heavy (non-hydrogen) atoms. The topological polar surface area (TPSA) is 118 Å². The Bertz CT molecular complexity index is 836. The number of nitro benzene ring substituents is 1. The Labute approximate surface area is 145 Å². The number of sulfonamides is 1. The zero-order valence-corrected chi connectivity index (χ0v) is 14.0. The van der Waals surface area contributed by atoms with Crippen LogP contribution in [0.3, 0.4) is 0 Å². The number of nitro groups is 1. The molecule has 9 heteroatoms. The van der Waals surface area contributed by atoms with E-state index in [1.165, 1.54) is 0 Å². The lowest BCUT2D eigenvalue weighted by atomic mass is 10.1. The molecule has 0 aliphatic rings. The average molecular weight is 363 g/mol. The first-order valence-electron chi connectivity index (χ1n) is 7.43. The zero-order chi connectivity index (χ0) is 18.3. The first-order chi connectivity index (χ1) is 11.9. The maximum atomic E-state index is 12.1. The summed E-state index contributed by atoms with van der Waals surface area (Å²) in [6, 6.07) is 13.7. The van der Waals surface area contributed by atoms with Crippen molar-refractivity contribution in [1.29, 1.82) is 0 Å². The monoisotopic (exact) mass is 363 g/mol. The summed E-state index contributed by atoms with van der Waals surface area (Å²) >= 11 is 0. The largest absolute Gasteiger partial charge is 0.355 e. The molecule has 2 aromatic carbocycles. The molecule has 0 atom stereocenters. The quantitative estimate of drug-likeness (QED) is 0.415. The number of rotatable bonds is 8. The van der Waals surface area contributed by atoms with Gasteiger partial charge in [-0.15, -0.1) is 0 Å². The highest BCUT2D eigenvalue weighted by atomic mass is 32.2. The SMILES string of the molecule is O=C(Cc1ccccc1)NCCNS(=O)(=O)c1ccc([N+](=O)[O-])cc1. The number of hydrogen-bond acceptors (Lipinski definition) is 5. The van der Waals surface area contributed by atoms with Gasteiger partial charge in [0.2, 0.25) is 15.9 Å². The average Bonchev–Trinajstić information content (AvgIpc) is 2.60. The van der Waals surface area contributed by atoms with Gasteiger partial charge in [0.1, 0.15) is 0 Å². The lowest BCUT2D eigenvalue weighted by Gasteiger charge is -2.08. The van der Waals surface area contributed by atoms with E-state index in [1.54, 1.807) is 0 Å². The Hall–Kier alpha value is -2.78. The minimum Gasteiger partial charge on any atom is -0.355 e. The molecule has 2 rings (SSSR count). The number of amides is 1. The van der Waals surface area contributed by atoms with Gasteiger partial charge in [0.05, 0.1) is 16.2 Å². The molecule has 8 nitrogen and oxygen atoms in total. The molecule has 132 valence electrons. The molecule has 0 saturated carbocycles. The summed E-state index contributed by atoms with van der Waals surface area (Å²) in [5.74, 6) is -0.208. The van der Waals surface area contributed by atoms with E-state index in [4.69, 9.17) is 0 Å². The highest BCUT2D eigenvalue weighted by molar-refractivity contribution is 7.89. The molecule has 2 aromatic rings. The van der Waals surface area contributed by atoms with E-state index >= 15 is 0 Å². The summed E-state index contributed by atoms with van der Waals surface area (Å²) < 4.78 is 26.4. The third-order valence-electron chi connectivity index (χ3n) is 3.30. The van der Waals surface area contributed by atoms with Gasteiger partial charge >= 0.3 is 0 Å². The van der Waals surface area contributed by atoms with Gasteiger partial charge in [-0.05, 0) is 17.7 Å². The van der Waals surface area contributed by atoms with Gasteiger partial charge < -0.3 is 5.32 Å². The summed E-state index contributed by atoms with van der Waals surface area (Å²) in [4.78, 5) is 21.6. The maximum absolute atomic E-state index is 12.1. The van der Waals surface area contributed by atoms with Gasteiger partial charge in [0.25, 0.3) is 5.69 Å². The van der Waals surface area contributed by atoms with Crippen molar-refractivity contribution in [2.24, 2.45) is 0 Å². The zero-order valence-electron chi connectivity index (χ0n) is 13.2. The molecule has 2 N–H and O–H groups in total. The van der Waals surface area contributed by atoms with E-state index in [0.717, 1.165) is 29.8 Å². The second-order valence-electron chi connectivity index (χ2n) is 5.16. The van der Waals surface area contributed by atoms with E-state index in [1.807, 2.05) is 30.3 Å². The number of carbonyl (C=O) groups is 1. The van der Waals surface area contributed by atoms with E-state index in [9.17, 15) is 23.3 Å². The first kappa shape index (κ1) is 18.6. The van der Waals surface area contributed by atoms with E-state index in [2.05, 4.69) is 10.0 Å². The Morgan fingerprint density at radius 1 is 1.00 bits per heavy atom. The number of non-ortho nitro benzene ring substituents is 1. The summed E-state index contributed by atoms with van der Waals surface area (Å²) in [6.45, 7) is 0.151.